The molecular weight excluding hydrogens is 361 g/mol. The minimum absolute atomic E-state index is 0.216. The number of nitrogens with one attached hydrogen (secondary N) is 2. The van der Waals surface area contributed by atoms with Gasteiger partial charge in [-0.25, -0.2) is 9.78 Å². The van der Waals surface area contributed by atoms with Crippen LogP contribution in [0.5, 0.6) is 0 Å². The highest BCUT2D eigenvalue weighted by Crippen LogP contribution is 2.34. The topological polar surface area (TPSA) is 63.2 Å². The summed E-state index contributed by atoms with van der Waals surface area (Å²) < 4.78 is 5.30. The zero-order valence-corrected chi connectivity index (χ0v) is 16.8. The molecule has 1 aromatic rings. The zero-order chi connectivity index (χ0) is 18.6. The van der Waals surface area contributed by atoms with Crippen molar-refractivity contribution in [3.8, 4) is 0 Å². The highest BCUT2D eigenvalue weighted by Gasteiger charge is 2.21. The predicted octanol–water partition coefficient (Wildman–Crippen LogP) is 5.97. The number of nitrogens with zero attached hydrogens (tertiary/aromatic N) is 1. The van der Waals surface area contributed by atoms with Gasteiger partial charge in [-0.2, -0.15) is 0 Å². The van der Waals surface area contributed by atoms with E-state index in [-0.39, 0.29) is 10.3 Å². The van der Waals surface area contributed by atoms with Gasteiger partial charge in [0.25, 0.3) is 0 Å². The lowest BCUT2D eigenvalue weighted by molar-refractivity contribution is 0.0636. The van der Waals surface area contributed by atoms with E-state index in [2.05, 4.69) is 22.5 Å². The Morgan fingerprint density at radius 1 is 1.28 bits per heavy atom. The molecule has 7 heteroatoms. The van der Waals surface area contributed by atoms with E-state index in [0.717, 1.165) is 12.5 Å². The molecule has 1 aromatic heterocycles. The number of halogens is 2. The number of carbonyl (C=O) groups is 1. The Kier molecular flexibility index (Phi) is 6.80. The van der Waals surface area contributed by atoms with Gasteiger partial charge >= 0.3 is 6.09 Å². The van der Waals surface area contributed by atoms with Crippen molar-refractivity contribution in [3.63, 3.8) is 0 Å². The summed E-state index contributed by atoms with van der Waals surface area (Å²) >= 11 is 12.2. The van der Waals surface area contributed by atoms with Crippen molar-refractivity contribution in [2.24, 2.45) is 11.8 Å². The molecule has 0 radical (unpaired) electrons. The predicted molar refractivity (Wildman–Crippen MR) is 104 cm³/mol. The summed E-state index contributed by atoms with van der Waals surface area (Å²) in [6.07, 6.45) is 4.34. The molecule has 0 unspecified atom stereocenters. The summed E-state index contributed by atoms with van der Waals surface area (Å²) in [7, 11) is 0. The maximum absolute atomic E-state index is 12.1. The van der Waals surface area contributed by atoms with Crippen molar-refractivity contribution >= 4 is 40.7 Å². The Labute approximate surface area is 159 Å². The first-order valence-electron chi connectivity index (χ1n) is 8.74. The fourth-order valence-electron chi connectivity index (χ4n) is 2.94. The number of pyridine rings is 1. The smallest absolute Gasteiger partial charge is 0.412 e. The number of hydrogen-bond acceptors (Lipinski definition) is 4. The maximum Gasteiger partial charge on any atom is 0.412 e. The van der Waals surface area contributed by atoms with Crippen LogP contribution in [0.4, 0.5) is 16.2 Å². The van der Waals surface area contributed by atoms with Gasteiger partial charge < -0.3 is 10.1 Å². The van der Waals surface area contributed by atoms with Gasteiger partial charge in [0.15, 0.2) is 5.15 Å². The van der Waals surface area contributed by atoms with Crippen LogP contribution in [0.15, 0.2) is 6.07 Å². The number of ether oxygens (including phenoxy) is 1. The van der Waals surface area contributed by atoms with Crippen LogP contribution in [0.25, 0.3) is 0 Å². The molecule has 1 fully saturated rings. The molecule has 0 spiro atoms. The zero-order valence-electron chi connectivity index (χ0n) is 15.3. The van der Waals surface area contributed by atoms with Crippen molar-refractivity contribution < 1.29 is 9.53 Å². The molecule has 0 bridgehead atoms. The van der Waals surface area contributed by atoms with Gasteiger partial charge in [-0.3, -0.25) is 5.32 Å². The fraction of sp³-hybridized carbons (Fsp3) is 0.667. The summed E-state index contributed by atoms with van der Waals surface area (Å²) in [5.74, 6) is 1.40. The van der Waals surface area contributed by atoms with E-state index in [4.69, 9.17) is 27.9 Å². The lowest BCUT2D eigenvalue weighted by Gasteiger charge is -2.27. The first kappa shape index (κ1) is 20.1. The minimum Gasteiger partial charge on any atom is -0.444 e. The largest absolute Gasteiger partial charge is 0.444 e. The number of hydrogen-bond donors (Lipinski definition) is 2. The Morgan fingerprint density at radius 3 is 2.52 bits per heavy atom. The van der Waals surface area contributed by atoms with E-state index < -0.39 is 11.7 Å². The van der Waals surface area contributed by atoms with Gasteiger partial charge in [0.05, 0.1) is 11.4 Å². The highest BCUT2D eigenvalue weighted by molar-refractivity contribution is 6.35. The average Bonchev–Trinajstić information content (AvgIpc) is 2.46. The van der Waals surface area contributed by atoms with Gasteiger partial charge in [0, 0.05) is 12.6 Å². The summed E-state index contributed by atoms with van der Waals surface area (Å²) in [5.41, 5.74) is 0.468. The van der Waals surface area contributed by atoms with Crippen molar-refractivity contribution in [1.29, 1.82) is 0 Å². The Morgan fingerprint density at radius 2 is 1.92 bits per heavy atom. The molecule has 1 aliphatic rings. The maximum atomic E-state index is 12.1. The quantitative estimate of drug-likeness (QED) is 0.624. The Hall–Kier alpha value is -1.20. The van der Waals surface area contributed by atoms with Crippen LogP contribution in [-0.2, 0) is 4.74 Å². The molecule has 1 aliphatic carbocycles. The second-order valence-electron chi connectivity index (χ2n) is 7.79. The normalized spacial score (nSPS) is 20.9. The second-order valence-corrected chi connectivity index (χ2v) is 8.54. The number of carbonyl (C=O) groups excluding carboxylic acids is 1. The number of aromatic nitrogens is 1. The average molecular weight is 388 g/mol. The van der Waals surface area contributed by atoms with Crippen LogP contribution >= 0.6 is 23.2 Å². The lowest BCUT2D eigenvalue weighted by atomic mass is 9.83. The molecule has 140 valence electrons. The van der Waals surface area contributed by atoms with Gasteiger partial charge in [-0.15, -0.1) is 0 Å². The molecular formula is C18H27Cl2N3O2. The number of amides is 1. The van der Waals surface area contributed by atoms with Gasteiger partial charge in [-0.1, -0.05) is 43.0 Å². The molecule has 2 N–H and O–H groups in total. The molecule has 25 heavy (non-hydrogen) atoms. The van der Waals surface area contributed by atoms with Crippen LogP contribution in [0.1, 0.15) is 53.4 Å². The summed E-state index contributed by atoms with van der Waals surface area (Å²) in [4.78, 5) is 16.1. The standard InChI is InChI=1S/C18H27Cl2N3O2/c1-11-5-7-12(8-6-11)10-21-15-13(9-14(19)23-16(15)20)22-17(24)25-18(2,3)4/h9,11-12,21H,5-8,10H2,1-4H3,(H,22,23,24). The monoisotopic (exact) mass is 387 g/mol. The summed E-state index contributed by atoms with van der Waals surface area (Å²) in [5, 5.41) is 6.50. The second kappa shape index (κ2) is 8.45. The van der Waals surface area contributed by atoms with Gasteiger partial charge in [-0.05, 0) is 45.4 Å². The number of rotatable bonds is 4. The van der Waals surface area contributed by atoms with Crippen LogP contribution < -0.4 is 10.6 Å². The van der Waals surface area contributed by atoms with E-state index >= 15 is 0 Å². The minimum atomic E-state index is -0.586. The van der Waals surface area contributed by atoms with Crippen LogP contribution in [0.2, 0.25) is 10.3 Å². The Bertz CT molecular complexity index is 609. The molecule has 0 aromatic carbocycles. The third-order valence-corrected chi connectivity index (χ3v) is 4.75. The van der Waals surface area contributed by atoms with Gasteiger partial charge in [0.1, 0.15) is 10.8 Å². The number of anilines is 2. The molecule has 5 nitrogen and oxygen atoms in total. The third-order valence-electron chi connectivity index (χ3n) is 4.28. The van der Waals surface area contributed by atoms with E-state index in [9.17, 15) is 4.79 Å². The van der Waals surface area contributed by atoms with Crippen molar-refractivity contribution in [1.82, 2.24) is 4.98 Å². The molecule has 2 rings (SSSR count). The Balaban J connectivity index is 2.07. The molecule has 0 saturated heterocycles. The first-order chi connectivity index (χ1) is 11.6. The van der Waals surface area contributed by atoms with E-state index in [1.54, 1.807) is 6.07 Å². The fourth-order valence-corrected chi connectivity index (χ4v) is 3.44. The van der Waals surface area contributed by atoms with Crippen molar-refractivity contribution in [3.05, 3.63) is 16.4 Å². The first-order valence-corrected chi connectivity index (χ1v) is 9.49. The molecule has 1 amide bonds. The van der Waals surface area contributed by atoms with Crippen molar-refractivity contribution in [2.75, 3.05) is 17.2 Å². The molecule has 0 aliphatic heterocycles. The van der Waals surface area contributed by atoms with E-state index in [0.29, 0.717) is 17.3 Å². The molecule has 1 heterocycles. The van der Waals surface area contributed by atoms with Crippen molar-refractivity contribution in [2.45, 2.75) is 59.0 Å². The van der Waals surface area contributed by atoms with E-state index in [1.807, 2.05) is 20.8 Å². The lowest BCUT2D eigenvalue weighted by Crippen LogP contribution is -2.28. The van der Waals surface area contributed by atoms with Crippen LogP contribution in [-0.4, -0.2) is 23.2 Å². The van der Waals surface area contributed by atoms with E-state index in [1.165, 1.54) is 25.7 Å². The van der Waals surface area contributed by atoms with Crippen LogP contribution in [0, 0.1) is 11.8 Å². The summed E-state index contributed by atoms with van der Waals surface area (Å²) in [6.45, 7) is 8.51. The molecule has 1 saturated carbocycles. The highest BCUT2D eigenvalue weighted by atomic mass is 35.5. The SMILES string of the molecule is CC1CCC(CNc2c(NC(=O)OC(C)(C)C)cc(Cl)nc2Cl)CC1. The van der Waals surface area contributed by atoms with Crippen LogP contribution in [0.3, 0.4) is 0 Å². The summed E-state index contributed by atoms with van der Waals surface area (Å²) in [6, 6.07) is 1.57. The van der Waals surface area contributed by atoms with Gasteiger partial charge in [0.2, 0.25) is 0 Å². The third kappa shape index (κ3) is 6.55. The molecule has 0 atom stereocenters.